The van der Waals surface area contributed by atoms with Gasteiger partial charge in [0.2, 0.25) is 0 Å². The topological polar surface area (TPSA) is 111 Å². The minimum Gasteiger partial charge on any atom is -0.756 e. The quantitative estimate of drug-likeness (QED) is 0.0257. The average Bonchev–Trinajstić information content (AvgIpc) is 3.19. The van der Waals surface area contributed by atoms with Gasteiger partial charge < -0.3 is 27.9 Å². The second-order valence-corrected chi connectivity index (χ2v) is 20.0. The molecule has 0 saturated carbocycles. The van der Waals surface area contributed by atoms with Crippen molar-refractivity contribution in [3.8, 4) is 0 Å². The first-order chi connectivity index (χ1) is 28.5. The third-order valence-corrected chi connectivity index (χ3v) is 12.3. The lowest BCUT2D eigenvalue weighted by Gasteiger charge is -2.28. The summed E-state index contributed by atoms with van der Waals surface area (Å²) >= 11 is 0. The van der Waals surface area contributed by atoms with Gasteiger partial charge in [0, 0.05) is 12.8 Å². The summed E-state index contributed by atoms with van der Waals surface area (Å²) in [5.74, 6) is -0.818. The summed E-state index contributed by atoms with van der Waals surface area (Å²) in [6, 6.07) is 0. The lowest BCUT2D eigenvalue weighted by Crippen LogP contribution is -2.37. The molecule has 0 bridgehead atoms. The monoisotopic (exact) mass is 860 g/mol. The summed E-state index contributed by atoms with van der Waals surface area (Å²) in [4.78, 5) is 37.6. The predicted octanol–water partition coefficient (Wildman–Crippen LogP) is 14.1. The van der Waals surface area contributed by atoms with Crippen molar-refractivity contribution in [1.82, 2.24) is 0 Å². The van der Waals surface area contributed by atoms with Gasteiger partial charge in [0.05, 0.1) is 27.7 Å². The standard InChI is InChI=1S/C49H98NO8P/c1-6-8-10-12-14-16-18-19-20-21-22-23-24-25-26-27-28-29-30-32-34-36-38-40-42-49(52)58-47(46-57-59(53,54)56-44-43-50(3,4)5)45-55-48(51)41-39-37-35-33-31-17-15-13-11-9-7-2/h47H,6-46H2,1-5H3. The molecule has 0 aromatic heterocycles. The molecular weight excluding hydrogens is 762 g/mol. The maximum absolute atomic E-state index is 12.7. The fourth-order valence-corrected chi connectivity index (χ4v) is 8.15. The Bertz CT molecular complexity index is 974. The SMILES string of the molecule is CCCCCCCCCCCCCCCCCCCCCCCCCCC(=O)OC(COC(=O)CCCCCCCCCCCCC)COP(=O)([O-])OCC[N+](C)(C)C. The van der Waals surface area contributed by atoms with Crippen molar-refractivity contribution in [2.75, 3.05) is 47.5 Å². The van der Waals surface area contributed by atoms with E-state index < -0.39 is 26.5 Å². The van der Waals surface area contributed by atoms with Crippen LogP contribution in [-0.4, -0.2) is 70.0 Å². The largest absolute Gasteiger partial charge is 0.756 e. The number of ether oxygens (including phenoxy) is 2. The van der Waals surface area contributed by atoms with E-state index >= 15 is 0 Å². The van der Waals surface area contributed by atoms with E-state index in [9.17, 15) is 19.0 Å². The number of carbonyl (C=O) groups excluding carboxylic acids is 2. The molecule has 0 N–H and O–H groups in total. The van der Waals surface area contributed by atoms with E-state index in [2.05, 4.69) is 13.8 Å². The highest BCUT2D eigenvalue weighted by Gasteiger charge is 2.21. The maximum Gasteiger partial charge on any atom is 0.306 e. The maximum atomic E-state index is 12.7. The molecule has 0 spiro atoms. The second-order valence-electron chi connectivity index (χ2n) is 18.6. The van der Waals surface area contributed by atoms with E-state index in [-0.39, 0.29) is 32.0 Å². The number of quaternary nitrogens is 1. The van der Waals surface area contributed by atoms with E-state index in [1.807, 2.05) is 21.1 Å². The smallest absolute Gasteiger partial charge is 0.306 e. The number of phosphoric acid groups is 1. The van der Waals surface area contributed by atoms with Crippen LogP contribution in [0.25, 0.3) is 0 Å². The highest BCUT2D eigenvalue weighted by Crippen LogP contribution is 2.38. The van der Waals surface area contributed by atoms with E-state index in [4.69, 9.17) is 18.5 Å². The number of unbranched alkanes of at least 4 members (excludes halogenated alkanes) is 33. The van der Waals surface area contributed by atoms with Crippen LogP contribution in [0.15, 0.2) is 0 Å². The molecule has 0 saturated heterocycles. The fraction of sp³-hybridized carbons (Fsp3) is 0.959. The van der Waals surface area contributed by atoms with Crippen molar-refractivity contribution in [3.05, 3.63) is 0 Å². The fourth-order valence-electron chi connectivity index (χ4n) is 7.42. The number of rotatable bonds is 47. The van der Waals surface area contributed by atoms with Crippen LogP contribution in [0.4, 0.5) is 0 Å². The summed E-state index contributed by atoms with van der Waals surface area (Å²) in [6.45, 7) is 4.27. The Morgan fingerprint density at radius 3 is 1.08 bits per heavy atom. The van der Waals surface area contributed by atoms with Crippen molar-refractivity contribution in [2.24, 2.45) is 0 Å². The van der Waals surface area contributed by atoms with Gasteiger partial charge >= 0.3 is 11.9 Å². The third-order valence-electron chi connectivity index (χ3n) is 11.4. The number of hydrogen-bond donors (Lipinski definition) is 0. The molecule has 0 aliphatic heterocycles. The Morgan fingerprint density at radius 2 is 0.763 bits per heavy atom. The Labute approximate surface area is 365 Å². The summed E-state index contributed by atoms with van der Waals surface area (Å²) in [5, 5.41) is 0. The number of carbonyl (C=O) groups is 2. The molecule has 59 heavy (non-hydrogen) atoms. The summed E-state index contributed by atoms with van der Waals surface area (Å²) in [6.07, 6.45) is 44.3. The van der Waals surface area contributed by atoms with Crippen LogP contribution in [-0.2, 0) is 32.7 Å². The molecule has 9 nitrogen and oxygen atoms in total. The highest BCUT2D eigenvalue weighted by atomic mass is 31.2. The lowest BCUT2D eigenvalue weighted by molar-refractivity contribution is -0.870. The van der Waals surface area contributed by atoms with Crippen molar-refractivity contribution in [3.63, 3.8) is 0 Å². The van der Waals surface area contributed by atoms with Gasteiger partial charge in [-0.25, -0.2) is 0 Å². The van der Waals surface area contributed by atoms with Gasteiger partial charge in [-0.2, -0.15) is 0 Å². The minimum atomic E-state index is -4.62. The molecule has 2 unspecified atom stereocenters. The van der Waals surface area contributed by atoms with Gasteiger partial charge in [0.15, 0.2) is 6.10 Å². The lowest BCUT2D eigenvalue weighted by atomic mass is 10.0. The molecule has 0 heterocycles. The Hall–Kier alpha value is -0.990. The molecule has 0 amide bonds. The molecular formula is C49H98NO8P. The number of likely N-dealkylation sites (N-methyl/N-ethyl adjacent to an activating group) is 1. The van der Waals surface area contributed by atoms with Crippen LogP contribution in [0.1, 0.15) is 251 Å². The third kappa shape index (κ3) is 46.3. The average molecular weight is 860 g/mol. The molecule has 0 aliphatic carbocycles. The normalized spacial score (nSPS) is 13.4. The van der Waals surface area contributed by atoms with Gasteiger partial charge in [-0.3, -0.25) is 14.2 Å². The van der Waals surface area contributed by atoms with E-state index in [0.717, 1.165) is 32.1 Å². The molecule has 0 fully saturated rings. The van der Waals surface area contributed by atoms with Crippen LogP contribution in [0.2, 0.25) is 0 Å². The van der Waals surface area contributed by atoms with Gasteiger partial charge in [0.1, 0.15) is 19.8 Å². The molecule has 352 valence electrons. The Morgan fingerprint density at radius 1 is 0.458 bits per heavy atom. The van der Waals surface area contributed by atoms with Crippen LogP contribution in [0.5, 0.6) is 0 Å². The van der Waals surface area contributed by atoms with E-state index in [1.54, 1.807) is 0 Å². The first kappa shape index (κ1) is 58.0. The zero-order chi connectivity index (χ0) is 43.6. The molecule has 0 aromatic carbocycles. The molecule has 0 radical (unpaired) electrons. The number of hydrogen-bond acceptors (Lipinski definition) is 8. The molecule has 2 atom stereocenters. The molecule has 0 aliphatic rings. The minimum absolute atomic E-state index is 0.0256. The summed E-state index contributed by atoms with van der Waals surface area (Å²) in [7, 11) is 1.18. The van der Waals surface area contributed by atoms with Crippen LogP contribution in [0, 0.1) is 0 Å². The van der Waals surface area contributed by atoms with Gasteiger partial charge in [0.25, 0.3) is 7.82 Å². The van der Waals surface area contributed by atoms with Crippen LogP contribution < -0.4 is 4.89 Å². The zero-order valence-corrected chi connectivity index (χ0v) is 40.6. The van der Waals surface area contributed by atoms with E-state index in [0.29, 0.717) is 17.4 Å². The molecule has 0 aromatic rings. The summed E-state index contributed by atoms with van der Waals surface area (Å²) < 4.78 is 34.0. The number of phosphoric ester groups is 1. The highest BCUT2D eigenvalue weighted by molar-refractivity contribution is 7.45. The second kappa shape index (κ2) is 42.3. The van der Waals surface area contributed by atoms with E-state index in [1.165, 1.54) is 186 Å². The van der Waals surface area contributed by atoms with Crippen molar-refractivity contribution in [1.29, 1.82) is 0 Å². The van der Waals surface area contributed by atoms with Gasteiger partial charge in [-0.15, -0.1) is 0 Å². The van der Waals surface area contributed by atoms with Gasteiger partial charge in [-0.05, 0) is 12.8 Å². The van der Waals surface area contributed by atoms with Gasteiger partial charge in [-0.1, -0.05) is 226 Å². The van der Waals surface area contributed by atoms with Crippen molar-refractivity contribution >= 4 is 19.8 Å². The first-order valence-electron chi connectivity index (χ1n) is 25.2. The van der Waals surface area contributed by atoms with Crippen molar-refractivity contribution < 1.29 is 42.1 Å². The van der Waals surface area contributed by atoms with Crippen molar-refractivity contribution in [2.45, 2.75) is 258 Å². The molecule has 0 rings (SSSR count). The number of nitrogens with zero attached hydrogens (tertiary/aromatic N) is 1. The van der Waals surface area contributed by atoms with Crippen LogP contribution in [0.3, 0.4) is 0 Å². The number of esters is 2. The molecule has 10 heteroatoms. The Kier molecular flexibility index (Phi) is 41.6. The Balaban J connectivity index is 4.11. The summed E-state index contributed by atoms with van der Waals surface area (Å²) in [5.41, 5.74) is 0. The zero-order valence-electron chi connectivity index (χ0n) is 39.7. The predicted molar refractivity (Wildman–Crippen MR) is 245 cm³/mol. The first-order valence-corrected chi connectivity index (χ1v) is 26.7. The van der Waals surface area contributed by atoms with Crippen LogP contribution >= 0.6 is 7.82 Å².